The van der Waals surface area contributed by atoms with E-state index in [9.17, 15) is 4.79 Å². The van der Waals surface area contributed by atoms with Gasteiger partial charge in [0.25, 0.3) is 0 Å². The second-order valence-electron chi connectivity index (χ2n) is 1.81. The van der Waals surface area contributed by atoms with Gasteiger partial charge in [0, 0.05) is 12.1 Å². The third-order valence-corrected chi connectivity index (χ3v) is 0.799. The van der Waals surface area contributed by atoms with E-state index in [1.54, 1.807) is 0 Å². The minimum Gasteiger partial charge on any atom is -0.480 e. The predicted octanol–water partition coefficient (Wildman–Crippen LogP) is -0.739. The molecular weight excluding hydrogens is 120 g/mol. The number of carboxylic acids is 1. The van der Waals surface area contributed by atoms with Gasteiger partial charge in [-0.3, -0.25) is 4.79 Å². The summed E-state index contributed by atoms with van der Waals surface area (Å²) in [5.41, 5.74) is 10.5. The summed E-state index contributed by atoms with van der Waals surface area (Å²) in [6, 6.07) is -0.914. The molecule has 1 unspecified atom stereocenters. The van der Waals surface area contributed by atoms with Gasteiger partial charge in [-0.25, -0.2) is 0 Å². The fourth-order valence-corrected chi connectivity index (χ4v) is 0.370. The zero-order valence-electron chi connectivity index (χ0n) is 5.00. The molecule has 0 spiro atoms. The van der Waals surface area contributed by atoms with Crippen molar-refractivity contribution in [3.63, 3.8) is 0 Å². The van der Waals surface area contributed by atoms with Crippen LogP contribution in [-0.2, 0) is 4.79 Å². The number of hydrogen-bond donors (Lipinski definition) is 3. The molecule has 1 atom stereocenters. The monoisotopic (exact) mass is 130 g/mol. The first-order valence-electron chi connectivity index (χ1n) is 2.45. The highest BCUT2D eigenvalue weighted by atomic mass is 16.4. The van der Waals surface area contributed by atoms with Gasteiger partial charge in [-0.1, -0.05) is 6.58 Å². The second kappa shape index (κ2) is 3.09. The molecule has 0 saturated carbocycles. The zero-order chi connectivity index (χ0) is 7.44. The van der Waals surface area contributed by atoms with Crippen molar-refractivity contribution < 1.29 is 9.90 Å². The lowest BCUT2D eigenvalue weighted by Crippen LogP contribution is -2.31. The Morgan fingerprint density at radius 1 is 1.78 bits per heavy atom. The van der Waals surface area contributed by atoms with Crippen LogP contribution in [0.5, 0.6) is 0 Å². The van der Waals surface area contributed by atoms with Crippen LogP contribution in [0.3, 0.4) is 0 Å². The van der Waals surface area contributed by atoms with Gasteiger partial charge in [0.05, 0.1) is 0 Å². The van der Waals surface area contributed by atoms with E-state index in [4.69, 9.17) is 16.6 Å². The summed E-state index contributed by atoms with van der Waals surface area (Å²) >= 11 is 0. The summed E-state index contributed by atoms with van der Waals surface area (Å²) in [4.78, 5) is 10.0. The molecule has 5 N–H and O–H groups in total. The zero-order valence-corrected chi connectivity index (χ0v) is 5.00. The molecule has 52 valence electrons. The van der Waals surface area contributed by atoms with E-state index in [-0.39, 0.29) is 6.42 Å². The Morgan fingerprint density at radius 2 is 2.22 bits per heavy atom. The van der Waals surface area contributed by atoms with E-state index < -0.39 is 12.0 Å². The van der Waals surface area contributed by atoms with E-state index in [0.717, 1.165) is 0 Å². The van der Waals surface area contributed by atoms with Crippen molar-refractivity contribution in [2.75, 3.05) is 0 Å². The van der Waals surface area contributed by atoms with Crippen LogP contribution in [-0.4, -0.2) is 17.1 Å². The highest BCUT2D eigenvalue weighted by molar-refractivity contribution is 5.73. The quantitative estimate of drug-likeness (QED) is 0.469. The molecule has 4 heteroatoms. The lowest BCUT2D eigenvalue weighted by Gasteiger charge is -2.03. The summed E-state index contributed by atoms with van der Waals surface area (Å²) in [6.07, 6.45) is 0.134. The summed E-state index contributed by atoms with van der Waals surface area (Å²) in [5, 5.41) is 8.21. The van der Waals surface area contributed by atoms with Gasteiger partial charge in [0.2, 0.25) is 0 Å². The van der Waals surface area contributed by atoms with Crippen LogP contribution in [0.1, 0.15) is 6.42 Å². The molecule has 4 nitrogen and oxygen atoms in total. The first kappa shape index (κ1) is 7.97. The van der Waals surface area contributed by atoms with E-state index >= 15 is 0 Å². The molecule has 0 bridgehead atoms. The summed E-state index contributed by atoms with van der Waals surface area (Å²) < 4.78 is 0. The standard InChI is InChI=1S/C5H10N2O2/c1-3(6)2-4(7)5(8)9/h4H,1-2,6-7H2,(H,8,9). The van der Waals surface area contributed by atoms with E-state index in [1.807, 2.05) is 0 Å². The van der Waals surface area contributed by atoms with Crippen LogP contribution >= 0.6 is 0 Å². The average molecular weight is 130 g/mol. The first-order valence-corrected chi connectivity index (χ1v) is 2.45. The molecule has 0 saturated heterocycles. The van der Waals surface area contributed by atoms with Crippen LogP contribution in [0, 0.1) is 0 Å². The molecule has 0 aromatic rings. The van der Waals surface area contributed by atoms with Crippen molar-refractivity contribution >= 4 is 5.97 Å². The SMILES string of the molecule is C=C(N)CC(N)C(=O)O. The predicted molar refractivity (Wildman–Crippen MR) is 33.6 cm³/mol. The second-order valence-corrected chi connectivity index (χ2v) is 1.81. The van der Waals surface area contributed by atoms with Gasteiger partial charge in [-0.15, -0.1) is 0 Å². The molecule has 9 heavy (non-hydrogen) atoms. The molecule has 0 aliphatic rings. The molecule has 0 fully saturated rings. The Labute approximate surface area is 53.1 Å². The van der Waals surface area contributed by atoms with Crippen molar-refractivity contribution in [1.82, 2.24) is 0 Å². The maximum Gasteiger partial charge on any atom is 0.320 e. The third-order valence-electron chi connectivity index (χ3n) is 0.799. The number of rotatable bonds is 3. The van der Waals surface area contributed by atoms with Crippen molar-refractivity contribution in [3.05, 3.63) is 12.3 Å². The Kier molecular flexibility index (Phi) is 2.73. The highest BCUT2D eigenvalue weighted by Gasteiger charge is 2.10. The maximum atomic E-state index is 10.0. The summed E-state index contributed by atoms with van der Waals surface area (Å²) in [6.45, 7) is 3.31. The Balaban J connectivity index is 3.63. The smallest absolute Gasteiger partial charge is 0.320 e. The largest absolute Gasteiger partial charge is 0.480 e. The minimum absolute atomic E-state index is 0.134. The molecule has 0 radical (unpaired) electrons. The molecule has 0 aliphatic heterocycles. The van der Waals surface area contributed by atoms with Gasteiger partial charge in [-0.2, -0.15) is 0 Å². The van der Waals surface area contributed by atoms with Crippen LogP contribution < -0.4 is 11.5 Å². The van der Waals surface area contributed by atoms with Crippen molar-refractivity contribution in [1.29, 1.82) is 0 Å². The topological polar surface area (TPSA) is 89.3 Å². The normalized spacial score (nSPS) is 12.6. The lowest BCUT2D eigenvalue weighted by atomic mass is 10.2. The number of aliphatic carboxylic acids is 1. The molecule has 0 heterocycles. The van der Waals surface area contributed by atoms with Gasteiger partial charge in [-0.05, 0) is 0 Å². The average Bonchev–Trinajstić information content (AvgIpc) is 1.63. The Bertz CT molecular complexity index is 133. The number of carbonyl (C=O) groups is 1. The van der Waals surface area contributed by atoms with Gasteiger partial charge >= 0.3 is 5.97 Å². The van der Waals surface area contributed by atoms with E-state index in [1.165, 1.54) is 0 Å². The van der Waals surface area contributed by atoms with Gasteiger partial charge < -0.3 is 16.6 Å². The number of nitrogens with two attached hydrogens (primary N) is 2. The fraction of sp³-hybridized carbons (Fsp3) is 0.400. The van der Waals surface area contributed by atoms with Crippen LogP contribution in [0.4, 0.5) is 0 Å². The summed E-state index contributed by atoms with van der Waals surface area (Å²) in [5.74, 6) is -1.05. The highest BCUT2D eigenvalue weighted by Crippen LogP contribution is 1.92. The number of hydrogen-bond acceptors (Lipinski definition) is 3. The van der Waals surface area contributed by atoms with Crippen molar-refractivity contribution in [3.8, 4) is 0 Å². The Morgan fingerprint density at radius 3 is 2.33 bits per heavy atom. The number of carboxylic acid groups (broad SMARTS) is 1. The molecule has 0 aliphatic carbocycles. The first-order chi connectivity index (χ1) is 4.04. The molecule has 0 rings (SSSR count). The third kappa shape index (κ3) is 3.54. The van der Waals surface area contributed by atoms with Crippen molar-refractivity contribution in [2.45, 2.75) is 12.5 Å². The van der Waals surface area contributed by atoms with E-state index in [0.29, 0.717) is 5.70 Å². The van der Waals surface area contributed by atoms with Crippen LogP contribution in [0.15, 0.2) is 12.3 Å². The fourth-order valence-electron chi connectivity index (χ4n) is 0.370. The Hall–Kier alpha value is -1.03. The maximum absolute atomic E-state index is 10.0. The van der Waals surface area contributed by atoms with E-state index in [2.05, 4.69) is 6.58 Å². The van der Waals surface area contributed by atoms with Gasteiger partial charge in [0.15, 0.2) is 0 Å². The molecular formula is C5H10N2O2. The van der Waals surface area contributed by atoms with Crippen LogP contribution in [0.25, 0.3) is 0 Å². The van der Waals surface area contributed by atoms with Gasteiger partial charge in [0.1, 0.15) is 6.04 Å². The minimum atomic E-state index is -1.05. The van der Waals surface area contributed by atoms with Crippen LogP contribution in [0.2, 0.25) is 0 Å². The molecule has 0 amide bonds. The lowest BCUT2D eigenvalue weighted by molar-refractivity contribution is -0.138. The molecule has 0 aromatic carbocycles. The van der Waals surface area contributed by atoms with Crippen molar-refractivity contribution in [2.24, 2.45) is 11.5 Å². The molecule has 0 aromatic heterocycles. The summed E-state index contributed by atoms with van der Waals surface area (Å²) in [7, 11) is 0.